The van der Waals surface area contributed by atoms with Gasteiger partial charge in [0.1, 0.15) is 13.2 Å². The van der Waals surface area contributed by atoms with Gasteiger partial charge in [-0.2, -0.15) is 0 Å². The highest BCUT2D eigenvalue weighted by atomic mass is 31.2. The summed E-state index contributed by atoms with van der Waals surface area (Å²) in [7, 11) is 1.57. The zero-order valence-corrected chi connectivity index (χ0v) is 49.8. The second-order valence-electron chi connectivity index (χ2n) is 23.1. The van der Waals surface area contributed by atoms with Crippen LogP contribution in [-0.2, 0) is 18.4 Å². The molecule has 1 amide bonds. The molecule has 0 radical (unpaired) electrons. The number of quaternary nitrogens is 1. The average molecular weight is 1040 g/mol. The minimum absolute atomic E-state index is 0.0590. The van der Waals surface area contributed by atoms with Gasteiger partial charge in [-0.05, 0) is 32.1 Å². The Balaban J connectivity index is 4.16. The summed E-state index contributed by atoms with van der Waals surface area (Å²) in [5.41, 5.74) is 0. The van der Waals surface area contributed by atoms with E-state index in [-0.39, 0.29) is 19.1 Å². The molecule has 9 heteroatoms. The van der Waals surface area contributed by atoms with Crippen LogP contribution in [0.4, 0.5) is 0 Å². The lowest BCUT2D eigenvalue weighted by Gasteiger charge is -2.25. The first kappa shape index (κ1) is 71.0. The van der Waals surface area contributed by atoms with Crippen LogP contribution in [0.15, 0.2) is 24.3 Å². The topological polar surface area (TPSA) is 105 Å². The fraction of sp³-hybridized carbons (Fsp3) is 0.921. The number of hydrogen-bond acceptors (Lipinski definition) is 5. The maximum Gasteiger partial charge on any atom is 0.472 e. The molecular formula is C63H126N2O6P+. The normalized spacial score (nSPS) is 13.9. The van der Waals surface area contributed by atoms with Crippen LogP contribution in [0, 0.1) is 0 Å². The van der Waals surface area contributed by atoms with Crippen molar-refractivity contribution in [1.82, 2.24) is 5.32 Å². The van der Waals surface area contributed by atoms with Crippen LogP contribution in [0.1, 0.15) is 322 Å². The number of rotatable bonds is 59. The lowest BCUT2D eigenvalue weighted by molar-refractivity contribution is -0.870. The number of phosphoric ester groups is 1. The van der Waals surface area contributed by atoms with E-state index < -0.39 is 20.0 Å². The van der Waals surface area contributed by atoms with Gasteiger partial charge in [-0.1, -0.05) is 308 Å². The zero-order valence-electron chi connectivity index (χ0n) is 48.9. The van der Waals surface area contributed by atoms with Crippen molar-refractivity contribution in [2.75, 3.05) is 40.9 Å². The molecule has 0 aliphatic carbocycles. The number of unbranched alkanes of at least 4 members (excludes halogenated alkanes) is 44. The molecule has 0 aromatic heterocycles. The Labute approximate surface area is 449 Å². The van der Waals surface area contributed by atoms with E-state index in [0.29, 0.717) is 17.4 Å². The number of nitrogens with one attached hydrogen (secondary N) is 1. The Kier molecular flexibility index (Phi) is 54.0. The van der Waals surface area contributed by atoms with Gasteiger partial charge in [-0.25, -0.2) is 4.57 Å². The van der Waals surface area contributed by atoms with Gasteiger partial charge in [0.25, 0.3) is 0 Å². The molecule has 72 heavy (non-hydrogen) atoms. The van der Waals surface area contributed by atoms with Gasteiger partial charge < -0.3 is 19.8 Å². The van der Waals surface area contributed by atoms with Crippen molar-refractivity contribution in [2.45, 2.75) is 334 Å². The van der Waals surface area contributed by atoms with Gasteiger partial charge >= 0.3 is 7.82 Å². The molecule has 0 heterocycles. The zero-order chi connectivity index (χ0) is 52.7. The van der Waals surface area contributed by atoms with Gasteiger partial charge in [-0.15, -0.1) is 0 Å². The lowest BCUT2D eigenvalue weighted by Crippen LogP contribution is -2.45. The van der Waals surface area contributed by atoms with Gasteiger partial charge in [0, 0.05) is 6.42 Å². The summed E-state index contributed by atoms with van der Waals surface area (Å²) in [6, 6.07) is -0.861. The highest BCUT2D eigenvalue weighted by Gasteiger charge is 2.27. The van der Waals surface area contributed by atoms with Crippen molar-refractivity contribution in [3.63, 3.8) is 0 Å². The highest BCUT2D eigenvalue weighted by molar-refractivity contribution is 7.47. The fourth-order valence-electron chi connectivity index (χ4n) is 9.71. The molecular weight excluding hydrogens is 912 g/mol. The van der Waals surface area contributed by atoms with E-state index in [9.17, 15) is 19.4 Å². The van der Waals surface area contributed by atoms with Gasteiger partial charge in [0.05, 0.1) is 39.9 Å². The molecule has 0 fully saturated rings. The molecule has 0 rings (SSSR count). The molecule has 0 bridgehead atoms. The predicted molar refractivity (Wildman–Crippen MR) is 314 cm³/mol. The molecule has 0 saturated heterocycles. The average Bonchev–Trinajstić information content (AvgIpc) is 3.34. The number of allylic oxidation sites excluding steroid dienone is 3. The smallest absolute Gasteiger partial charge is 0.387 e. The third-order valence-electron chi connectivity index (χ3n) is 14.7. The Morgan fingerprint density at radius 2 is 0.764 bits per heavy atom. The van der Waals surface area contributed by atoms with Gasteiger partial charge in [0.15, 0.2) is 0 Å². The van der Waals surface area contributed by atoms with Crippen molar-refractivity contribution in [2.24, 2.45) is 0 Å². The van der Waals surface area contributed by atoms with E-state index in [1.165, 1.54) is 263 Å². The second-order valence-corrected chi connectivity index (χ2v) is 24.6. The first-order valence-corrected chi connectivity index (χ1v) is 33.2. The number of aliphatic hydroxyl groups excluding tert-OH is 1. The van der Waals surface area contributed by atoms with Crippen LogP contribution in [0.25, 0.3) is 0 Å². The Hall–Kier alpha value is -1.02. The first-order valence-electron chi connectivity index (χ1n) is 31.7. The van der Waals surface area contributed by atoms with Crippen molar-refractivity contribution in [3.05, 3.63) is 24.3 Å². The Morgan fingerprint density at radius 3 is 1.11 bits per heavy atom. The molecule has 0 spiro atoms. The van der Waals surface area contributed by atoms with E-state index in [1.807, 2.05) is 27.2 Å². The summed E-state index contributed by atoms with van der Waals surface area (Å²) in [6.45, 7) is 4.85. The minimum Gasteiger partial charge on any atom is -0.387 e. The third-order valence-corrected chi connectivity index (χ3v) is 15.7. The van der Waals surface area contributed by atoms with E-state index in [0.717, 1.165) is 38.5 Å². The third kappa shape index (κ3) is 56.7. The number of hydrogen-bond donors (Lipinski definition) is 3. The molecule has 8 nitrogen and oxygen atoms in total. The number of carbonyl (C=O) groups is 1. The SMILES string of the molecule is CCCCCCCCCCCCCCCCCCCCCCC/C=C/CC/C=C/C(O)C(COP(=O)(O)OCC[N+](C)(C)C)NC(=O)CCCCCCCCCCCCCCCCCCCCCCCCC. The molecule has 3 unspecified atom stereocenters. The number of likely N-dealkylation sites (N-methyl/N-ethyl adjacent to an activating group) is 1. The summed E-state index contributed by atoms with van der Waals surface area (Å²) in [5, 5.41) is 14.0. The van der Waals surface area contributed by atoms with Crippen LogP contribution < -0.4 is 5.32 Å². The number of amides is 1. The van der Waals surface area contributed by atoms with E-state index >= 15 is 0 Å². The number of nitrogens with zero attached hydrogens (tertiary/aromatic N) is 1. The minimum atomic E-state index is -4.35. The standard InChI is InChI=1S/C63H125N2O6P/c1-6-8-10-12-14-16-18-20-22-24-26-28-30-31-32-33-35-36-38-40-42-44-46-48-50-52-54-56-62(66)61(60-71-72(68,69)70-59-58-65(3,4)5)64-63(67)57-55-53-51-49-47-45-43-41-39-37-34-29-27-25-23-21-19-17-15-13-11-9-7-2/h46,48,54,56,61-62,66H,6-45,47,49-53,55,57-60H2,1-5H3,(H-,64,67,68,69)/p+1/b48-46+,56-54+. The highest BCUT2D eigenvalue weighted by Crippen LogP contribution is 2.43. The lowest BCUT2D eigenvalue weighted by atomic mass is 10.0. The molecule has 0 aliphatic heterocycles. The number of carbonyl (C=O) groups excluding carboxylic acids is 1. The summed E-state index contributed by atoms with van der Waals surface area (Å²) in [4.78, 5) is 23.3. The summed E-state index contributed by atoms with van der Waals surface area (Å²) < 4.78 is 23.8. The second kappa shape index (κ2) is 54.8. The van der Waals surface area contributed by atoms with Crippen LogP contribution in [-0.4, -0.2) is 73.4 Å². The van der Waals surface area contributed by atoms with Crippen molar-refractivity contribution < 1.29 is 32.9 Å². The van der Waals surface area contributed by atoms with Crippen LogP contribution in [0.3, 0.4) is 0 Å². The predicted octanol–water partition coefficient (Wildman–Crippen LogP) is 19.5. The molecule has 3 atom stereocenters. The summed E-state index contributed by atoms with van der Waals surface area (Å²) >= 11 is 0. The maximum absolute atomic E-state index is 13.0. The number of aliphatic hydroxyl groups is 1. The molecule has 0 aliphatic rings. The van der Waals surface area contributed by atoms with E-state index in [4.69, 9.17) is 9.05 Å². The quantitative estimate of drug-likeness (QED) is 0.0243. The van der Waals surface area contributed by atoms with Gasteiger partial charge in [0.2, 0.25) is 5.91 Å². The maximum atomic E-state index is 13.0. The molecule has 0 saturated carbocycles. The van der Waals surface area contributed by atoms with Crippen LogP contribution >= 0.6 is 7.82 Å². The molecule has 3 N–H and O–H groups in total. The molecule has 0 aromatic carbocycles. The first-order chi connectivity index (χ1) is 35.0. The van der Waals surface area contributed by atoms with E-state index in [1.54, 1.807) is 6.08 Å². The van der Waals surface area contributed by atoms with Gasteiger partial charge in [-0.3, -0.25) is 13.8 Å². The monoisotopic (exact) mass is 1040 g/mol. The molecule has 0 aromatic rings. The van der Waals surface area contributed by atoms with Crippen LogP contribution in [0.2, 0.25) is 0 Å². The van der Waals surface area contributed by atoms with Crippen molar-refractivity contribution in [1.29, 1.82) is 0 Å². The summed E-state index contributed by atoms with van der Waals surface area (Å²) in [6.07, 6.45) is 70.2. The number of phosphoric acid groups is 1. The largest absolute Gasteiger partial charge is 0.472 e. The Bertz CT molecular complexity index is 1220. The van der Waals surface area contributed by atoms with Crippen molar-refractivity contribution in [3.8, 4) is 0 Å². The summed E-state index contributed by atoms with van der Waals surface area (Å²) in [5.74, 6) is -0.179. The Morgan fingerprint density at radius 1 is 0.458 bits per heavy atom. The van der Waals surface area contributed by atoms with Crippen LogP contribution in [0.5, 0.6) is 0 Å². The van der Waals surface area contributed by atoms with E-state index in [2.05, 4.69) is 31.3 Å². The molecule has 428 valence electrons. The fourth-order valence-corrected chi connectivity index (χ4v) is 10.4. The van der Waals surface area contributed by atoms with Crippen molar-refractivity contribution >= 4 is 13.7 Å².